The summed E-state index contributed by atoms with van der Waals surface area (Å²) in [7, 11) is 2.00. The Kier molecular flexibility index (Phi) is 3.83. The maximum Gasteiger partial charge on any atom is 0.0864 e. The SMILES string of the molecule is CN(CC#N)CC1CCC2(CCCCC2)O1. The van der Waals surface area contributed by atoms with Crippen molar-refractivity contribution in [2.45, 2.75) is 56.7 Å². The van der Waals surface area contributed by atoms with Crippen molar-refractivity contribution in [1.29, 1.82) is 5.26 Å². The molecule has 1 saturated heterocycles. The lowest BCUT2D eigenvalue weighted by Crippen LogP contribution is -2.35. The lowest BCUT2D eigenvalue weighted by Gasteiger charge is -2.33. The molecule has 0 radical (unpaired) electrons. The highest BCUT2D eigenvalue weighted by molar-refractivity contribution is 4.92. The van der Waals surface area contributed by atoms with E-state index in [1.165, 1.54) is 44.9 Å². The zero-order chi connectivity index (χ0) is 11.4. The second-order valence-electron chi connectivity index (χ2n) is 5.38. The van der Waals surface area contributed by atoms with Crippen molar-refractivity contribution in [1.82, 2.24) is 4.90 Å². The highest BCUT2D eigenvalue weighted by Gasteiger charge is 2.40. The number of rotatable bonds is 3. The molecule has 0 aromatic rings. The Hall–Kier alpha value is -0.590. The molecule has 1 saturated carbocycles. The molecule has 2 rings (SSSR count). The van der Waals surface area contributed by atoms with Gasteiger partial charge in [-0.3, -0.25) is 4.90 Å². The zero-order valence-electron chi connectivity index (χ0n) is 10.2. The third-order valence-corrected chi connectivity index (χ3v) is 3.96. The first-order chi connectivity index (χ1) is 7.74. The molecule has 1 spiro atoms. The van der Waals surface area contributed by atoms with Crippen LogP contribution in [0.3, 0.4) is 0 Å². The fourth-order valence-corrected chi connectivity index (χ4v) is 3.12. The fraction of sp³-hybridized carbons (Fsp3) is 0.923. The lowest BCUT2D eigenvalue weighted by atomic mass is 9.83. The summed E-state index contributed by atoms with van der Waals surface area (Å²) in [6, 6.07) is 2.18. The lowest BCUT2D eigenvalue weighted by molar-refractivity contribution is -0.0694. The van der Waals surface area contributed by atoms with E-state index in [9.17, 15) is 0 Å². The Morgan fingerprint density at radius 2 is 2.06 bits per heavy atom. The van der Waals surface area contributed by atoms with Crippen LogP contribution in [0.2, 0.25) is 0 Å². The fourth-order valence-electron chi connectivity index (χ4n) is 3.12. The van der Waals surface area contributed by atoms with Crippen molar-refractivity contribution in [3.8, 4) is 6.07 Å². The molecular weight excluding hydrogens is 200 g/mol. The van der Waals surface area contributed by atoms with E-state index in [4.69, 9.17) is 10.00 Å². The summed E-state index contributed by atoms with van der Waals surface area (Å²) in [5.41, 5.74) is 0.219. The van der Waals surface area contributed by atoms with Crippen LogP contribution in [0, 0.1) is 11.3 Å². The monoisotopic (exact) mass is 222 g/mol. The Bertz CT molecular complexity index is 266. The van der Waals surface area contributed by atoms with E-state index in [0.717, 1.165) is 6.54 Å². The molecule has 3 heteroatoms. The van der Waals surface area contributed by atoms with E-state index >= 15 is 0 Å². The van der Waals surface area contributed by atoms with Gasteiger partial charge in [-0.1, -0.05) is 19.3 Å². The van der Waals surface area contributed by atoms with Gasteiger partial charge in [-0.05, 0) is 32.7 Å². The van der Waals surface area contributed by atoms with Crippen LogP contribution in [0.4, 0.5) is 0 Å². The molecule has 1 aliphatic carbocycles. The Labute approximate surface area is 98.4 Å². The second-order valence-corrected chi connectivity index (χ2v) is 5.38. The molecule has 0 N–H and O–H groups in total. The van der Waals surface area contributed by atoms with E-state index in [2.05, 4.69) is 11.0 Å². The van der Waals surface area contributed by atoms with E-state index in [1.54, 1.807) is 0 Å². The average molecular weight is 222 g/mol. The molecular formula is C13H22N2O. The van der Waals surface area contributed by atoms with Crippen LogP contribution in [0.15, 0.2) is 0 Å². The van der Waals surface area contributed by atoms with Gasteiger partial charge in [0.15, 0.2) is 0 Å². The summed E-state index contributed by atoms with van der Waals surface area (Å²) in [6.45, 7) is 1.42. The maximum atomic E-state index is 8.62. The van der Waals surface area contributed by atoms with Crippen LogP contribution in [-0.2, 0) is 4.74 Å². The molecule has 1 atom stereocenters. The van der Waals surface area contributed by atoms with Crippen molar-refractivity contribution < 1.29 is 4.74 Å². The van der Waals surface area contributed by atoms with E-state index < -0.39 is 0 Å². The van der Waals surface area contributed by atoms with Crippen molar-refractivity contribution in [2.24, 2.45) is 0 Å². The van der Waals surface area contributed by atoms with Gasteiger partial charge in [0.25, 0.3) is 0 Å². The van der Waals surface area contributed by atoms with Crippen molar-refractivity contribution in [2.75, 3.05) is 20.1 Å². The first kappa shape index (κ1) is 11.9. The molecule has 16 heavy (non-hydrogen) atoms. The number of nitrogens with zero attached hydrogens (tertiary/aromatic N) is 2. The number of hydrogen-bond donors (Lipinski definition) is 0. The molecule has 1 aliphatic heterocycles. The summed E-state index contributed by atoms with van der Waals surface area (Å²) < 4.78 is 6.26. The topological polar surface area (TPSA) is 36.3 Å². The smallest absolute Gasteiger partial charge is 0.0864 e. The second kappa shape index (κ2) is 5.16. The molecule has 2 aliphatic rings. The van der Waals surface area contributed by atoms with Gasteiger partial charge in [-0.25, -0.2) is 0 Å². The molecule has 90 valence electrons. The summed E-state index contributed by atoms with van der Waals surface area (Å²) in [5.74, 6) is 0. The molecule has 0 aromatic heterocycles. The van der Waals surface area contributed by atoms with Crippen LogP contribution >= 0.6 is 0 Å². The molecule has 1 heterocycles. The van der Waals surface area contributed by atoms with Gasteiger partial charge in [0.1, 0.15) is 0 Å². The molecule has 3 nitrogen and oxygen atoms in total. The van der Waals surface area contributed by atoms with Gasteiger partial charge >= 0.3 is 0 Å². The largest absolute Gasteiger partial charge is 0.370 e. The highest BCUT2D eigenvalue weighted by Crippen LogP contribution is 2.41. The van der Waals surface area contributed by atoms with Gasteiger partial charge in [-0.15, -0.1) is 0 Å². The van der Waals surface area contributed by atoms with Gasteiger partial charge in [0, 0.05) is 6.54 Å². The number of likely N-dealkylation sites (N-methyl/N-ethyl adjacent to an activating group) is 1. The Balaban J connectivity index is 1.81. The first-order valence-corrected chi connectivity index (χ1v) is 6.47. The third kappa shape index (κ3) is 2.75. The number of ether oxygens (including phenoxy) is 1. The van der Waals surface area contributed by atoms with Crippen LogP contribution in [-0.4, -0.2) is 36.7 Å². The molecule has 0 aromatic carbocycles. The third-order valence-electron chi connectivity index (χ3n) is 3.96. The predicted molar refractivity (Wildman–Crippen MR) is 63.0 cm³/mol. The molecule has 0 amide bonds. The zero-order valence-corrected chi connectivity index (χ0v) is 10.2. The van der Waals surface area contributed by atoms with Crippen molar-refractivity contribution in [3.05, 3.63) is 0 Å². The van der Waals surface area contributed by atoms with E-state index in [1.807, 2.05) is 7.05 Å². The molecule has 1 unspecified atom stereocenters. The predicted octanol–water partition coefficient (Wildman–Crippen LogP) is 2.32. The number of hydrogen-bond acceptors (Lipinski definition) is 3. The van der Waals surface area contributed by atoms with Crippen LogP contribution in [0.5, 0.6) is 0 Å². The van der Waals surface area contributed by atoms with Crippen LogP contribution in [0.25, 0.3) is 0 Å². The Morgan fingerprint density at radius 3 is 2.75 bits per heavy atom. The summed E-state index contributed by atoms with van der Waals surface area (Å²) >= 11 is 0. The van der Waals surface area contributed by atoms with E-state index in [-0.39, 0.29) is 5.60 Å². The van der Waals surface area contributed by atoms with Gasteiger partial charge in [0.2, 0.25) is 0 Å². The van der Waals surface area contributed by atoms with Gasteiger partial charge < -0.3 is 4.74 Å². The minimum absolute atomic E-state index is 0.219. The Morgan fingerprint density at radius 1 is 1.31 bits per heavy atom. The molecule has 0 bridgehead atoms. The first-order valence-electron chi connectivity index (χ1n) is 6.47. The number of nitriles is 1. The molecule has 2 fully saturated rings. The minimum atomic E-state index is 0.219. The van der Waals surface area contributed by atoms with Gasteiger partial charge in [-0.2, -0.15) is 5.26 Å². The maximum absolute atomic E-state index is 8.62. The van der Waals surface area contributed by atoms with Crippen molar-refractivity contribution in [3.63, 3.8) is 0 Å². The van der Waals surface area contributed by atoms with Crippen molar-refractivity contribution >= 4 is 0 Å². The van der Waals surface area contributed by atoms with E-state index in [0.29, 0.717) is 12.6 Å². The summed E-state index contributed by atoms with van der Waals surface area (Å²) in [5, 5.41) is 8.62. The summed E-state index contributed by atoms with van der Waals surface area (Å²) in [6.07, 6.45) is 9.33. The van der Waals surface area contributed by atoms with Gasteiger partial charge in [0.05, 0.1) is 24.3 Å². The normalized spacial score (nSPS) is 28.4. The standard InChI is InChI=1S/C13H22N2O/c1-15(10-9-14)11-12-5-8-13(16-12)6-3-2-4-7-13/h12H,2-8,10-11H2,1H3. The summed E-state index contributed by atoms with van der Waals surface area (Å²) in [4.78, 5) is 2.06. The quantitative estimate of drug-likeness (QED) is 0.688. The minimum Gasteiger partial charge on any atom is -0.370 e. The van der Waals surface area contributed by atoms with Crippen LogP contribution < -0.4 is 0 Å². The highest BCUT2D eigenvalue weighted by atomic mass is 16.5. The average Bonchev–Trinajstić information content (AvgIpc) is 2.63. The van der Waals surface area contributed by atoms with Crippen LogP contribution in [0.1, 0.15) is 44.9 Å².